The number of carboxylic acids is 1. The lowest BCUT2D eigenvalue weighted by Crippen LogP contribution is -2.30. The fourth-order valence-electron chi connectivity index (χ4n) is 1.45. The van der Waals surface area contributed by atoms with Gasteiger partial charge in [-0.25, -0.2) is 0 Å². The van der Waals surface area contributed by atoms with Gasteiger partial charge in [0, 0.05) is 18.7 Å². The zero-order chi connectivity index (χ0) is 13.5. The summed E-state index contributed by atoms with van der Waals surface area (Å²) in [6.07, 6.45) is 1.16. The van der Waals surface area contributed by atoms with Crippen LogP contribution in [0.3, 0.4) is 0 Å². The van der Waals surface area contributed by atoms with Crippen molar-refractivity contribution in [3.05, 3.63) is 33.7 Å². The van der Waals surface area contributed by atoms with Gasteiger partial charge in [-0.2, -0.15) is 0 Å². The van der Waals surface area contributed by atoms with Gasteiger partial charge in [0.1, 0.15) is 5.56 Å². The predicted molar refractivity (Wildman–Crippen MR) is 65.6 cm³/mol. The van der Waals surface area contributed by atoms with Crippen LogP contribution in [0.25, 0.3) is 0 Å². The number of nitrogens with one attached hydrogen (secondary N) is 2. The summed E-state index contributed by atoms with van der Waals surface area (Å²) in [6, 6.07) is 3.13. The minimum atomic E-state index is -0.851. The molecule has 1 heterocycles. The van der Waals surface area contributed by atoms with Gasteiger partial charge in [0.25, 0.3) is 11.5 Å². The van der Waals surface area contributed by atoms with Crippen molar-refractivity contribution in [1.29, 1.82) is 0 Å². The molecule has 0 radical (unpaired) electrons. The minimum absolute atomic E-state index is 0.0684. The number of aromatic amines is 1. The number of rotatable bonds is 6. The highest BCUT2D eigenvalue weighted by molar-refractivity contribution is 5.93. The Labute approximate surface area is 104 Å². The number of pyridine rings is 1. The van der Waals surface area contributed by atoms with Crippen LogP contribution >= 0.6 is 0 Å². The number of H-pyrrole nitrogens is 1. The molecule has 0 saturated carbocycles. The molecule has 0 atom stereocenters. The number of aliphatic carboxylic acids is 1. The van der Waals surface area contributed by atoms with Crippen molar-refractivity contribution < 1.29 is 14.7 Å². The predicted octanol–water partition coefficient (Wildman–Crippen LogP) is 0.668. The summed E-state index contributed by atoms with van der Waals surface area (Å²) in [7, 11) is 0. The average molecular weight is 252 g/mol. The smallest absolute Gasteiger partial charge is 0.303 e. The first kappa shape index (κ1) is 14.0. The molecule has 6 nitrogen and oxygen atoms in total. The number of unbranched alkanes of at least 4 members (excludes halogenated alkanes) is 1. The van der Waals surface area contributed by atoms with Crippen molar-refractivity contribution in [1.82, 2.24) is 10.3 Å². The molecule has 1 rings (SSSR count). The Morgan fingerprint density at radius 2 is 2.06 bits per heavy atom. The average Bonchev–Trinajstić information content (AvgIpc) is 2.27. The summed E-state index contributed by atoms with van der Waals surface area (Å²) < 4.78 is 0. The lowest BCUT2D eigenvalue weighted by molar-refractivity contribution is -0.137. The van der Waals surface area contributed by atoms with Crippen LogP contribution in [0.4, 0.5) is 0 Å². The lowest BCUT2D eigenvalue weighted by atomic mass is 10.2. The zero-order valence-electron chi connectivity index (χ0n) is 10.2. The first-order valence-electron chi connectivity index (χ1n) is 5.70. The van der Waals surface area contributed by atoms with Crippen LogP contribution in [0.15, 0.2) is 16.9 Å². The Balaban J connectivity index is 2.41. The van der Waals surface area contributed by atoms with Crippen LogP contribution in [0, 0.1) is 6.92 Å². The molecule has 1 amide bonds. The third-order valence-electron chi connectivity index (χ3n) is 2.40. The van der Waals surface area contributed by atoms with Gasteiger partial charge in [-0.05, 0) is 31.9 Å². The van der Waals surface area contributed by atoms with E-state index in [4.69, 9.17) is 5.11 Å². The van der Waals surface area contributed by atoms with Crippen molar-refractivity contribution in [2.45, 2.75) is 26.2 Å². The van der Waals surface area contributed by atoms with Crippen LogP contribution in [-0.4, -0.2) is 28.5 Å². The number of amides is 1. The van der Waals surface area contributed by atoms with Gasteiger partial charge in [-0.3, -0.25) is 14.4 Å². The van der Waals surface area contributed by atoms with E-state index in [-0.39, 0.29) is 12.0 Å². The van der Waals surface area contributed by atoms with Gasteiger partial charge < -0.3 is 15.4 Å². The number of aromatic nitrogens is 1. The van der Waals surface area contributed by atoms with Crippen molar-refractivity contribution in [3.63, 3.8) is 0 Å². The van der Waals surface area contributed by atoms with E-state index < -0.39 is 17.4 Å². The molecular formula is C12H16N2O4. The van der Waals surface area contributed by atoms with Gasteiger partial charge in [0.15, 0.2) is 0 Å². The molecule has 0 saturated heterocycles. The number of aryl methyl sites for hydroxylation is 1. The Hall–Kier alpha value is -2.11. The third-order valence-corrected chi connectivity index (χ3v) is 2.40. The second kappa shape index (κ2) is 6.58. The zero-order valence-corrected chi connectivity index (χ0v) is 10.2. The van der Waals surface area contributed by atoms with E-state index in [1.807, 2.05) is 0 Å². The molecule has 0 aliphatic carbocycles. The Morgan fingerprint density at radius 1 is 1.33 bits per heavy atom. The first-order chi connectivity index (χ1) is 8.50. The molecule has 0 spiro atoms. The number of carboxylic acid groups (broad SMARTS) is 1. The first-order valence-corrected chi connectivity index (χ1v) is 5.70. The van der Waals surface area contributed by atoms with E-state index in [0.717, 1.165) is 0 Å². The van der Waals surface area contributed by atoms with Gasteiger partial charge in [0.2, 0.25) is 0 Å². The molecule has 0 unspecified atom stereocenters. The van der Waals surface area contributed by atoms with Crippen LogP contribution in [0.5, 0.6) is 0 Å². The van der Waals surface area contributed by atoms with Crippen LogP contribution < -0.4 is 10.9 Å². The fraction of sp³-hybridized carbons (Fsp3) is 0.417. The quantitative estimate of drug-likeness (QED) is 0.648. The van der Waals surface area contributed by atoms with Crippen molar-refractivity contribution in [3.8, 4) is 0 Å². The molecule has 3 N–H and O–H groups in total. The minimum Gasteiger partial charge on any atom is -0.481 e. The molecule has 18 heavy (non-hydrogen) atoms. The molecule has 0 aromatic carbocycles. The van der Waals surface area contributed by atoms with E-state index in [1.165, 1.54) is 6.07 Å². The standard InChI is InChI=1S/C12H16N2O4/c1-8-5-6-9(12(18)14-8)11(17)13-7-3-2-4-10(15)16/h5-6H,2-4,7H2,1H3,(H,13,17)(H,14,18)(H,15,16). The number of carbonyl (C=O) groups is 2. The normalized spacial score (nSPS) is 10.1. The fourth-order valence-corrected chi connectivity index (χ4v) is 1.45. The molecular weight excluding hydrogens is 236 g/mol. The highest BCUT2D eigenvalue weighted by Crippen LogP contribution is 1.96. The van der Waals surface area contributed by atoms with Gasteiger partial charge in [-0.15, -0.1) is 0 Å². The maximum Gasteiger partial charge on any atom is 0.303 e. The summed E-state index contributed by atoms with van der Waals surface area (Å²) in [5.41, 5.74) is 0.342. The largest absolute Gasteiger partial charge is 0.481 e. The molecule has 1 aromatic heterocycles. The molecule has 0 aliphatic rings. The summed E-state index contributed by atoms with van der Waals surface area (Å²) in [5, 5.41) is 11.0. The number of hydrogen-bond donors (Lipinski definition) is 3. The summed E-state index contributed by atoms with van der Waals surface area (Å²) >= 11 is 0. The molecule has 98 valence electrons. The second-order valence-corrected chi connectivity index (χ2v) is 3.99. The highest BCUT2D eigenvalue weighted by Gasteiger charge is 2.09. The second-order valence-electron chi connectivity index (χ2n) is 3.99. The topological polar surface area (TPSA) is 99.3 Å². The monoisotopic (exact) mass is 252 g/mol. The Bertz CT molecular complexity index is 493. The number of carbonyl (C=O) groups excluding carboxylic acids is 1. The van der Waals surface area contributed by atoms with Crippen LogP contribution in [0.2, 0.25) is 0 Å². The van der Waals surface area contributed by atoms with Crippen molar-refractivity contribution in [2.75, 3.05) is 6.54 Å². The summed E-state index contributed by atoms with van der Waals surface area (Å²) in [5.74, 6) is -1.29. The van der Waals surface area contributed by atoms with E-state index in [1.54, 1.807) is 13.0 Å². The maximum absolute atomic E-state index is 11.6. The molecule has 6 heteroatoms. The molecule has 1 aromatic rings. The van der Waals surface area contributed by atoms with Gasteiger partial charge in [-0.1, -0.05) is 0 Å². The van der Waals surface area contributed by atoms with E-state index in [9.17, 15) is 14.4 Å². The van der Waals surface area contributed by atoms with Crippen LogP contribution in [0.1, 0.15) is 35.3 Å². The van der Waals surface area contributed by atoms with Gasteiger partial charge >= 0.3 is 5.97 Å². The van der Waals surface area contributed by atoms with E-state index >= 15 is 0 Å². The Kier molecular flexibility index (Phi) is 5.10. The summed E-state index contributed by atoms with van der Waals surface area (Å²) in [6.45, 7) is 2.09. The van der Waals surface area contributed by atoms with Crippen molar-refractivity contribution >= 4 is 11.9 Å². The van der Waals surface area contributed by atoms with Crippen molar-refractivity contribution in [2.24, 2.45) is 0 Å². The highest BCUT2D eigenvalue weighted by atomic mass is 16.4. The molecule has 0 fully saturated rings. The van der Waals surface area contributed by atoms with E-state index in [0.29, 0.717) is 25.1 Å². The Morgan fingerprint density at radius 3 is 2.67 bits per heavy atom. The van der Waals surface area contributed by atoms with Crippen LogP contribution in [-0.2, 0) is 4.79 Å². The lowest BCUT2D eigenvalue weighted by Gasteiger charge is -2.04. The third kappa shape index (κ3) is 4.40. The SMILES string of the molecule is Cc1ccc(C(=O)NCCCCC(=O)O)c(=O)[nH]1. The van der Waals surface area contributed by atoms with E-state index in [2.05, 4.69) is 10.3 Å². The maximum atomic E-state index is 11.6. The molecule has 0 aliphatic heterocycles. The van der Waals surface area contributed by atoms with Gasteiger partial charge in [0.05, 0.1) is 0 Å². The number of hydrogen-bond acceptors (Lipinski definition) is 3. The molecule has 0 bridgehead atoms. The summed E-state index contributed by atoms with van der Waals surface area (Å²) in [4.78, 5) is 35.9.